The Balaban J connectivity index is 1.31. The zero-order valence-corrected chi connectivity index (χ0v) is 21.2. The third-order valence-electron chi connectivity index (χ3n) is 7.66. The van der Waals surface area contributed by atoms with E-state index in [2.05, 4.69) is 10.3 Å². The summed E-state index contributed by atoms with van der Waals surface area (Å²) in [5.41, 5.74) is 4.48. The lowest BCUT2D eigenvalue weighted by atomic mass is 9.89. The Bertz CT molecular complexity index is 1800. The number of aromatic amines is 1. The van der Waals surface area contributed by atoms with E-state index in [-0.39, 0.29) is 17.2 Å². The first kappa shape index (κ1) is 23.8. The van der Waals surface area contributed by atoms with E-state index in [9.17, 15) is 18.8 Å². The van der Waals surface area contributed by atoms with Crippen LogP contribution in [0.1, 0.15) is 33.2 Å². The average molecular weight is 531 g/mol. The molecule has 8 heteroatoms. The molecule has 0 spiro atoms. The van der Waals surface area contributed by atoms with Crippen LogP contribution in [0.2, 0.25) is 0 Å². The molecule has 2 N–H and O–H groups in total. The summed E-state index contributed by atoms with van der Waals surface area (Å²) in [6, 6.07) is 27.7. The lowest BCUT2D eigenvalue weighted by Gasteiger charge is -2.36. The first-order valence-corrected chi connectivity index (χ1v) is 13.0. The number of carbonyl (C=O) groups excluding carboxylic acids is 3. The van der Waals surface area contributed by atoms with Crippen LogP contribution in [-0.2, 0) is 11.2 Å². The average Bonchev–Trinajstić information content (AvgIpc) is 3.47. The predicted octanol–water partition coefficient (Wildman–Crippen LogP) is 6.04. The molecule has 7 nitrogen and oxygen atoms in total. The lowest BCUT2D eigenvalue weighted by molar-refractivity contribution is -0.120. The zero-order valence-electron chi connectivity index (χ0n) is 21.2. The fourth-order valence-corrected chi connectivity index (χ4v) is 5.87. The van der Waals surface area contributed by atoms with Crippen molar-refractivity contribution in [1.82, 2.24) is 9.88 Å². The third-order valence-corrected chi connectivity index (χ3v) is 7.66. The minimum atomic E-state index is -0.738. The van der Waals surface area contributed by atoms with E-state index in [4.69, 9.17) is 0 Å². The molecule has 0 bridgehead atoms. The van der Waals surface area contributed by atoms with Gasteiger partial charge in [0, 0.05) is 28.7 Å². The molecule has 0 saturated carbocycles. The van der Waals surface area contributed by atoms with Crippen LogP contribution in [-0.4, -0.2) is 33.8 Å². The Hall–Kier alpha value is -5.24. The lowest BCUT2D eigenvalue weighted by Crippen LogP contribution is -2.44. The SMILES string of the molecule is O=C(Nc1ccc(F)cc1)c1ccccc1N1C(=O)[C@@H]2Cc3c([nH]c4ccccc34)[C@@H](c3ccccc3)N2C1=O. The molecule has 2 atom stereocenters. The van der Waals surface area contributed by atoms with Crippen molar-refractivity contribution in [2.75, 3.05) is 10.2 Å². The number of urea groups is 1. The summed E-state index contributed by atoms with van der Waals surface area (Å²) in [6.45, 7) is 0. The molecule has 40 heavy (non-hydrogen) atoms. The van der Waals surface area contributed by atoms with Gasteiger partial charge in [0.25, 0.3) is 11.8 Å². The Morgan fingerprint density at radius 1 is 0.850 bits per heavy atom. The Morgan fingerprint density at radius 3 is 2.35 bits per heavy atom. The van der Waals surface area contributed by atoms with E-state index in [1.807, 2.05) is 54.6 Å². The monoisotopic (exact) mass is 530 g/mol. The molecule has 0 unspecified atom stereocenters. The van der Waals surface area contributed by atoms with E-state index >= 15 is 0 Å². The largest absolute Gasteiger partial charge is 0.356 e. The van der Waals surface area contributed by atoms with Crippen LogP contribution in [0.5, 0.6) is 0 Å². The minimum Gasteiger partial charge on any atom is -0.356 e. The number of H-pyrrole nitrogens is 1. The number of benzene rings is 4. The van der Waals surface area contributed by atoms with Gasteiger partial charge in [-0.1, -0.05) is 60.7 Å². The normalized spacial score (nSPS) is 18.1. The number of halogens is 1. The maximum Gasteiger partial charge on any atom is 0.332 e. The number of hydrogen-bond donors (Lipinski definition) is 2. The molecule has 2 aliphatic rings. The van der Waals surface area contributed by atoms with Crippen LogP contribution in [0, 0.1) is 5.82 Å². The first-order chi connectivity index (χ1) is 19.5. The van der Waals surface area contributed by atoms with Crippen molar-refractivity contribution >= 4 is 40.1 Å². The number of carbonyl (C=O) groups is 3. The first-order valence-electron chi connectivity index (χ1n) is 13.0. The van der Waals surface area contributed by atoms with Gasteiger partial charge in [0.1, 0.15) is 17.9 Å². The van der Waals surface area contributed by atoms with Crippen LogP contribution in [0.25, 0.3) is 10.9 Å². The van der Waals surface area contributed by atoms with E-state index < -0.39 is 29.8 Å². The number of amides is 4. The molecule has 196 valence electrons. The number of para-hydroxylation sites is 2. The van der Waals surface area contributed by atoms with Crippen LogP contribution in [0.3, 0.4) is 0 Å². The standard InChI is InChI=1S/C32H23FN4O3/c33-20-14-16-21(17-15-20)34-30(38)23-11-5-7-13-26(23)37-31(39)27-18-24-22-10-4-6-12-25(22)35-28(24)29(36(27)32(37)40)19-8-2-1-3-9-19/h1-17,27,29,35H,18H2,(H,34,38)/t27-,29+/m0/s1. The molecule has 2 aliphatic heterocycles. The van der Waals surface area contributed by atoms with Gasteiger partial charge in [-0.3, -0.25) is 14.5 Å². The summed E-state index contributed by atoms with van der Waals surface area (Å²) in [4.78, 5) is 47.8. The van der Waals surface area contributed by atoms with Crippen LogP contribution < -0.4 is 10.2 Å². The predicted molar refractivity (Wildman–Crippen MR) is 150 cm³/mol. The van der Waals surface area contributed by atoms with Gasteiger partial charge in [0.15, 0.2) is 0 Å². The highest BCUT2D eigenvalue weighted by Gasteiger charge is 2.53. The van der Waals surface area contributed by atoms with Gasteiger partial charge >= 0.3 is 6.03 Å². The van der Waals surface area contributed by atoms with E-state index in [1.165, 1.54) is 24.3 Å². The fourth-order valence-electron chi connectivity index (χ4n) is 5.87. The molecule has 1 saturated heterocycles. The van der Waals surface area contributed by atoms with Crippen molar-refractivity contribution in [1.29, 1.82) is 0 Å². The van der Waals surface area contributed by atoms with Gasteiger partial charge in [-0.2, -0.15) is 0 Å². The van der Waals surface area contributed by atoms with Crippen LogP contribution in [0.15, 0.2) is 103 Å². The smallest absolute Gasteiger partial charge is 0.332 e. The zero-order chi connectivity index (χ0) is 27.4. The van der Waals surface area contributed by atoms with Crippen LogP contribution in [0.4, 0.5) is 20.6 Å². The maximum absolute atomic E-state index is 14.2. The topological polar surface area (TPSA) is 85.5 Å². The summed E-state index contributed by atoms with van der Waals surface area (Å²) in [5, 5.41) is 3.76. The molecule has 7 rings (SSSR count). The highest BCUT2D eigenvalue weighted by Crippen LogP contribution is 2.45. The van der Waals surface area contributed by atoms with Crippen molar-refractivity contribution < 1.29 is 18.8 Å². The van der Waals surface area contributed by atoms with E-state index in [0.29, 0.717) is 12.1 Å². The van der Waals surface area contributed by atoms with Gasteiger partial charge in [-0.25, -0.2) is 14.1 Å². The Morgan fingerprint density at radius 2 is 1.55 bits per heavy atom. The van der Waals surface area contributed by atoms with Gasteiger partial charge < -0.3 is 10.3 Å². The molecule has 3 heterocycles. The highest BCUT2D eigenvalue weighted by atomic mass is 19.1. The second-order valence-corrected chi connectivity index (χ2v) is 9.94. The number of hydrogen-bond acceptors (Lipinski definition) is 3. The third kappa shape index (κ3) is 3.68. The summed E-state index contributed by atoms with van der Waals surface area (Å²) in [5.74, 6) is -1.32. The van der Waals surface area contributed by atoms with E-state index in [1.54, 1.807) is 29.2 Å². The molecule has 5 aromatic rings. The number of fused-ring (bicyclic) bond motifs is 4. The summed E-state index contributed by atoms with van der Waals surface area (Å²) >= 11 is 0. The quantitative estimate of drug-likeness (QED) is 0.278. The molecule has 1 aromatic heterocycles. The molecule has 0 aliphatic carbocycles. The van der Waals surface area contributed by atoms with Crippen LogP contribution >= 0.6 is 0 Å². The number of aromatic nitrogens is 1. The minimum absolute atomic E-state index is 0.161. The van der Waals surface area contributed by atoms with Gasteiger partial charge in [0.05, 0.1) is 11.3 Å². The molecular formula is C32H23FN4O3. The Kier molecular flexibility index (Phi) is 5.48. The highest BCUT2D eigenvalue weighted by molar-refractivity contribution is 6.24. The molecular weight excluding hydrogens is 507 g/mol. The number of rotatable bonds is 4. The van der Waals surface area contributed by atoms with Crippen molar-refractivity contribution in [3.8, 4) is 0 Å². The van der Waals surface area contributed by atoms with Gasteiger partial charge in [0.2, 0.25) is 0 Å². The number of imide groups is 1. The van der Waals surface area contributed by atoms with Crippen molar-refractivity contribution in [3.63, 3.8) is 0 Å². The number of nitrogens with zero attached hydrogens (tertiary/aromatic N) is 2. The van der Waals surface area contributed by atoms with E-state index in [0.717, 1.165) is 32.6 Å². The number of nitrogens with one attached hydrogen (secondary N) is 2. The second kappa shape index (κ2) is 9.20. The summed E-state index contributed by atoms with van der Waals surface area (Å²) in [6.07, 6.45) is 0.355. The number of anilines is 2. The fraction of sp³-hybridized carbons (Fsp3) is 0.0938. The molecule has 4 aromatic carbocycles. The van der Waals surface area contributed by atoms with Gasteiger partial charge in [-0.05, 0) is 53.6 Å². The summed E-state index contributed by atoms with van der Waals surface area (Å²) in [7, 11) is 0. The second-order valence-electron chi connectivity index (χ2n) is 9.94. The maximum atomic E-state index is 14.2. The Labute approximate surface area is 228 Å². The molecule has 1 fully saturated rings. The van der Waals surface area contributed by atoms with Gasteiger partial charge in [-0.15, -0.1) is 0 Å². The molecule has 0 radical (unpaired) electrons. The van der Waals surface area contributed by atoms with Crippen molar-refractivity contribution in [3.05, 3.63) is 131 Å². The summed E-state index contributed by atoms with van der Waals surface area (Å²) < 4.78 is 13.4. The molecule has 4 amide bonds. The van der Waals surface area contributed by atoms with Crippen molar-refractivity contribution in [2.24, 2.45) is 0 Å². The van der Waals surface area contributed by atoms with Crippen molar-refractivity contribution in [2.45, 2.75) is 18.5 Å².